The second kappa shape index (κ2) is 13.3. The van der Waals surface area contributed by atoms with Crippen LogP contribution in [-0.2, 0) is 4.79 Å². The van der Waals surface area contributed by atoms with Gasteiger partial charge in [-0.15, -0.1) is 0 Å². The monoisotopic (exact) mass is 518 g/mol. The predicted octanol–water partition coefficient (Wildman–Crippen LogP) is 9.09. The molecule has 1 unspecified atom stereocenters. The molecule has 1 aliphatic carbocycles. The van der Waals surface area contributed by atoms with Gasteiger partial charge >= 0.3 is 5.97 Å². The van der Waals surface area contributed by atoms with Gasteiger partial charge in [-0.05, 0) is 48.4 Å². The lowest BCUT2D eigenvalue weighted by atomic mass is 9.67. The SMILES string of the molecule is CCCCCCCOc1ccc(-c2ccc(C(C)[C@H](C)[C@](F)(C(=O)O)C3CCCCC3)cc2)c(F)c1F. The number of alkyl halides is 1. The van der Waals surface area contributed by atoms with Crippen molar-refractivity contribution in [1.82, 2.24) is 0 Å². The van der Waals surface area contributed by atoms with Crippen LogP contribution in [0.2, 0.25) is 0 Å². The molecule has 0 heterocycles. The van der Waals surface area contributed by atoms with Crippen molar-refractivity contribution in [2.45, 2.75) is 96.6 Å². The minimum atomic E-state index is -2.31. The van der Waals surface area contributed by atoms with Crippen LogP contribution in [0.25, 0.3) is 11.1 Å². The van der Waals surface area contributed by atoms with E-state index in [4.69, 9.17) is 4.74 Å². The zero-order valence-electron chi connectivity index (χ0n) is 22.4. The van der Waals surface area contributed by atoms with Crippen molar-refractivity contribution in [3.63, 3.8) is 0 Å². The highest BCUT2D eigenvalue weighted by Gasteiger charge is 2.52. The highest BCUT2D eigenvalue weighted by atomic mass is 19.2. The van der Waals surface area contributed by atoms with E-state index in [2.05, 4.69) is 6.92 Å². The summed E-state index contributed by atoms with van der Waals surface area (Å²) in [4.78, 5) is 12.1. The normalized spacial score (nSPS) is 17.7. The molecule has 0 aliphatic heterocycles. The van der Waals surface area contributed by atoms with Crippen molar-refractivity contribution in [3.8, 4) is 16.9 Å². The molecule has 0 saturated heterocycles. The number of rotatable bonds is 13. The van der Waals surface area contributed by atoms with Crippen LogP contribution in [0.3, 0.4) is 0 Å². The second-order valence-corrected chi connectivity index (χ2v) is 10.6. The summed E-state index contributed by atoms with van der Waals surface area (Å²) in [5.41, 5.74) is -0.936. The van der Waals surface area contributed by atoms with Crippen LogP contribution in [0.4, 0.5) is 13.2 Å². The Kier molecular flexibility index (Phi) is 10.5. The lowest BCUT2D eigenvalue weighted by Gasteiger charge is -2.39. The van der Waals surface area contributed by atoms with E-state index >= 15 is 4.39 Å². The maximum atomic E-state index is 16.1. The number of hydrogen-bond acceptors (Lipinski definition) is 2. The summed E-state index contributed by atoms with van der Waals surface area (Å²) in [5.74, 6) is -5.07. The van der Waals surface area contributed by atoms with Crippen molar-refractivity contribution in [1.29, 1.82) is 0 Å². The van der Waals surface area contributed by atoms with E-state index in [0.717, 1.165) is 56.9 Å². The number of unbranched alkanes of at least 4 members (excludes halogenated alkanes) is 4. The third-order valence-corrected chi connectivity index (χ3v) is 8.24. The Morgan fingerprint density at radius 1 is 0.973 bits per heavy atom. The second-order valence-electron chi connectivity index (χ2n) is 10.6. The van der Waals surface area contributed by atoms with Crippen LogP contribution in [-0.4, -0.2) is 23.4 Å². The number of ether oxygens (including phenoxy) is 1. The summed E-state index contributed by atoms with van der Waals surface area (Å²) in [6.45, 7) is 5.97. The Balaban J connectivity index is 1.71. The van der Waals surface area contributed by atoms with E-state index in [-0.39, 0.29) is 17.2 Å². The summed E-state index contributed by atoms with van der Waals surface area (Å²) in [6, 6.07) is 9.80. The molecule has 37 heavy (non-hydrogen) atoms. The summed E-state index contributed by atoms with van der Waals surface area (Å²) in [6.07, 6.45) is 9.08. The zero-order chi connectivity index (χ0) is 27.0. The van der Waals surface area contributed by atoms with Crippen molar-refractivity contribution in [2.24, 2.45) is 11.8 Å². The quantitative estimate of drug-likeness (QED) is 0.269. The Morgan fingerprint density at radius 3 is 2.24 bits per heavy atom. The molecule has 0 amide bonds. The third kappa shape index (κ3) is 6.69. The van der Waals surface area contributed by atoms with E-state index < -0.39 is 35.1 Å². The van der Waals surface area contributed by atoms with E-state index in [1.54, 1.807) is 31.2 Å². The fourth-order valence-corrected chi connectivity index (χ4v) is 5.64. The van der Waals surface area contributed by atoms with Gasteiger partial charge < -0.3 is 9.84 Å². The van der Waals surface area contributed by atoms with Gasteiger partial charge in [-0.1, -0.05) is 90.0 Å². The number of hydrogen-bond donors (Lipinski definition) is 1. The van der Waals surface area contributed by atoms with Crippen molar-refractivity contribution in [3.05, 3.63) is 53.6 Å². The Morgan fingerprint density at radius 2 is 1.62 bits per heavy atom. The molecule has 1 aliphatic rings. The molecule has 2 aromatic rings. The number of benzene rings is 2. The van der Waals surface area contributed by atoms with Gasteiger partial charge in [0, 0.05) is 17.4 Å². The molecule has 6 heteroatoms. The van der Waals surface area contributed by atoms with E-state index in [1.807, 2.05) is 6.92 Å². The average molecular weight is 519 g/mol. The zero-order valence-corrected chi connectivity index (χ0v) is 22.4. The summed E-state index contributed by atoms with van der Waals surface area (Å²) < 4.78 is 51.1. The molecule has 3 rings (SSSR count). The average Bonchev–Trinajstić information content (AvgIpc) is 2.92. The predicted molar refractivity (Wildman–Crippen MR) is 142 cm³/mol. The molecule has 2 aromatic carbocycles. The van der Waals surface area contributed by atoms with E-state index in [9.17, 15) is 18.7 Å². The van der Waals surface area contributed by atoms with Gasteiger partial charge in [0.15, 0.2) is 11.6 Å². The van der Waals surface area contributed by atoms with Gasteiger partial charge in [0.25, 0.3) is 0 Å². The molecule has 1 saturated carbocycles. The molecule has 204 valence electrons. The molecule has 1 N–H and O–H groups in total. The van der Waals surface area contributed by atoms with Crippen molar-refractivity contribution < 1.29 is 27.8 Å². The number of aliphatic carboxylic acids is 1. The van der Waals surface area contributed by atoms with Crippen LogP contribution in [0.5, 0.6) is 5.75 Å². The first kappa shape index (κ1) is 29.1. The van der Waals surface area contributed by atoms with Crippen LogP contribution in [0, 0.1) is 23.5 Å². The van der Waals surface area contributed by atoms with E-state index in [0.29, 0.717) is 25.0 Å². The topological polar surface area (TPSA) is 46.5 Å². The molecular weight excluding hydrogens is 477 g/mol. The van der Waals surface area contributed by atoms with Crippen LogP contribution in [0.15, 0.2) is 36.4 Å². The van der Waals surface area contributed by atoms with E-state index in [1.165, 1.54) is 12.1 Å². The maximum Gasteiger partial charge on any atom is 0.342 e. The van der Waals surface area contributed by atoms with Gasteiger partial charge in [-0.3, -0.25) is 0 Å². The number of carbonyl (C=O) groups is 1. The first-order valence-electron chi connectivity index (χ1n) is 13.8. The minimum Gasteiger partial charge on any atom is -0.490 e. The maximum absolute atomic E-state index is 16.1. The Labute approximate surface area is 219 Å². The fourth-order valence-electron chi connectivity index (χ4n) is 5.64. The summed E-state index contributed by atoms with van der Waals surface area (Å²) in [7, 11) is 0. The third-order valence-electron chi connectivity index (χ3n) is 8.24. The van der Waals surface area contributed by atoms with Gasteiger partial charge in [0.1, 0.15) is 0 Å². The molecule has 0 bridgehead atoms. The minimum absolute atomic E-state index is 0.0912. The first-order chi connectivity index (χ1) is 17.7. The number of carboxylic acids is 1. The first-order valence-corrected chi connectivity index (χ1v) is 13.8. The lowest BCUT2D eigenvalue weighted by molar-refractivity contribution is -0.162. The molecule has 1 fully saturated rings. The Bertz CT molecular complexity index is 1020. The highest BCUT2D eigenvalue weighted by Crippen LogP contribution is 2.45. The van der Waals surface area contributed by atoms with Crippen LogP contribution >= 0.6 is 0 Å². The Hall–Kier alpha value is -2.50. The lowest BCUT2D eigenvalue weighted by Crippen LogP contribution is -2.49. The van der Waals surface area contributed by atoms with Crippen LogP contribution in [0.1, 0.15) is 96.5 Å². The van der Waals surface area contributed by atoms with Gasteiger partial charge in [0.2, 0.25) is 11.5 Å². The van der Waals surface area contributed by atoms with Gasteiger partial charge in [-0.25, -0.2) is 13.6 Å². The molecule has 0 spiro atoms. The van der Waals surface area contributed by atoms with Gasteiger partial charge in [-0.2, -0.15) is 4.39 Å². The molecule has 0 radical (unpaired) electrons. The fraction of sp³-hybridized carbons (Fsp3) is 0.581. The highest BCUT2D eigenvalue weighted by molar-refractivity contribution is 5.78. The largest absolute Gasteiger partial charge is 0.490 e. The summed E-state index contributed by atoms with van der Waals surface area (Å²) >= 11 is 0. The molecule has 3 nitrogen and oxygen atoms in total. The van der Waals surface area contributed by atoms with Crippen LogP contribution < -0.4 is 4.74 Å². The molecule has 0 aromatic heterocycles. The number of halogens is 3. The summed E-state index contributed by atoms with van der Waals surface area (Å²) in [5, 5.41) is 9.86. The van der Waals surface area contributed by atoms with Crippen molar-refractivity contribution in [2.75, 3.05) is 6.61 Å². The number of carboxylic acid groups (broad SMARTS) is 1. The molecular formula is C31H41F3O3. The molecule has 3 atom stereocenters. The van der Waals surface area contributed by atoms with Gasteiger partial charge in [0.05, 0.1) is 6.61 Å². The standard InChI is InChI=1S/C31H41F3O3/c1-4-5-6-7-11-20-37-27-19-18-26(28(32)29(27)33)24-16-14-23(15-17-24)21(2)22(3)31(34,30(35)36)25-12-9-8-10-13-25/h14-19,21-22,25H,4-13,20H2,1-3H3,(H,35,36)/t21?,22-,31+/m0/s1. The smallest absolute Gasteiger partial charge is 0.342 e. The van der Waals surface area contributed by atoms with Crippen molar-refractivity contribution >= 4 is 5.97 Å².